The van der Waals surface area contributed by atoms with Gasteiger partial charge in [0.1, 0.15) is 11.4 Å². The molecule has 1 heterocycles. The van der Waals surface area contributed by atoms with Crippen LogP contribution in [-0.2, 0) is 15.1 Å². The second-order valence-electron chi connectivity index (χ2n) is 8.72. The summed E-state index contributed by atoms with van der Waals surface area (Å²) < 4.78 is 13.4. The van der Waals surface area contributed by atoms with Gasteiger partial charge in [0.05, 0.1) is 0 Å². The summed E-state index contributed by atoms with van der Waals surface area (Å²) >= 11 is 3.64. The summed E-state index contributed by atoms with van der Waals surface area (Å²) in [5.74, 6) is 0.351. The van der Waals surface area contributed by atoms with E-state index < -0.39 is 17.9 Å². The fraction of sp³-hybridized carbons (Fsp3) is 0.696. The van der Waals surface area contributed by atoms with Crippen LogP contribution in [0.4, 0.5) is 0 Å². The molecule has 1 aromatic carbocycles. The van der Waals surface area contributed by atoms with Gasteiger partial charge in [-0.25, -0.2) is 4.79 Å². The molecule has 0 radical (unpaired) electrons. The van der Waals surface area contributed by atoms with E-state index >= 15 is 0 Å². The quantitative estimate of drug-likeness (QED) is 0.540. The Labute approximate surface area is 176 Å². The van der Waals surface area contributed by atoms with Crippen molar-refractivity contribution < 1.29 is 19.4 Å². The maximum Gasteiger partial charge on any atom is 0.373 e. The van der Waals surface area contributed by atoms with Crippen LogP contribution in [0, 0.1) is 11.8 Å². The van der Waals surface area contributed by atoms with Crippen LogP contribution in [0.1, 0.15) is 82.6 Å². The van der Waals surface area contributed by atoms with Crippen molar-refractivity contribution in [2.75, 3.05) is 0 Å². The molecule has 28 heavy (non-hydrogen) atoms. The predicted molar refractivity (Wildman–Crippen MR) is 111 cm³/mol. The van der Waals surface area contributed by atoms with E-state index in [2.05, 4.69) is 22.0 Å². The van der Waals surface area contributed by atoms with Crippen LogP contribution in [0.2, 0.25) is 0 Å². The van der Waals surface area contributed by atoms with Crippen LogP contribution in [0.25, 0.3) is 0 Å². The number of carboxylic acid groups (broad SMARTS) is 1. The average Bonchev–Trinajstić information content (AvgIpc) is 3.13. The molecule has 0 aromatic heterocycles. The second kappa shape index (κ2) is 8.74. The zero-order valence-corrected chi connectivity index (χ0v) is 18.1. The third-order valence-corrected chi connectivity index (χ3v) is 7.52. The molecule has 0 spiro atoms. The smallest absolute Gasteiger partial charge is 0.373 e. The minimum absolute atomic E-state index is 0.344. The topological polar surface area (TPSA) is 55.8 Å². The normalized spacial score (nSPS) is 26.5. The maximum absolute atomic E-state index is 12.0. The average molecular weight is 451 g/mol. The number of hydrogen-bond donors (Lipinski definition) is 1. The first kappa shape index (κ1) is 20.2. The first-order valence-electron chi connectivity index (χ1n) is 11.0. The molecule has 0 amide bonds. The third-order valence-electron chi connectivity index (χ3n) is 7.02. The summed E-state index contributed by atoms with van der Waals surface area (Å²) in [6, 6.07) is 5.98. The van der Waals surface area contributed by atoms with E-state index in [-0.39, 0.29) is 0 Å². The number of halogens is 1. The van der Waals surface area contributed by atoms with Crippen molar-refractivity contribution in [1.29, 1.82) is 0 Å². The Morgan fingerprint density at radius 1 is 0.929 bits per heavy atom. The Bertz CT molecular complexity index is 668. The summed E-state index contributed by atoms with van der Waals surface area (Å²) in [6.07, 6.45) is 13.1. The minimum atomic E-state index is -1.22. The molecule has 154 valence electrons. The molecule has 0 bridgehead atoms. The lowest BCUT2D eigenvalue weighted by molar-refractivity contribution is -0.248. The van der Waals surface area contributed by atoms with Gasteiger partial charge in [0.25, 0.3) is 6.29 Å². The highest BCUT2D eigenvalue weighted by atomic mass is 79.9. The van der Waals surface area contributed by atoms with E-state index in [1.807, 2.05) is 12.1 Å². The molecule has 2 fully saturated rings. The largest absolute Gasteiger partial charge is 0.477 e. The van der Waals surface area contributed by atoms with Gasteiger partial charge in [0.2, 0.25) is 0 Å². The zero-order valence-electron chi connectivity index (χ0n) is 16.5. The van der Waals surface area contributed by atoms with Crippen LogP contribution in [0.5, 0.6) is 5.75 Å². The van der Waals surface area contributed by atoms with Crippen LogP contribution < -0.4 is 4.74 Å². The Morgan fingerprint density at radius 3 is 1.96 bits per heavy atom. The number of benzene rings is 1. The third kappa shape index (κ3) is 3.85. The molecule has 3 aliphatic rings. The fourth-order valence-electron chi connectivity index (χ4n) is 5.77. The summed E-state index contributed by atoms with van der Waals surface area (Å²) in [5, 5.41) is 9.80. The molecule has 2 aliphatic carbocycles. The van der Waals surface area contributed by atoms with Gasteiger partial charge in [-0.1, -0.05) is 67.3 Å². The van der Waals surface area contributed by atoms with Crippen LogP contribution in [-0.4, -0.2) is 17.4 Å². The first-order chi connectivity index (χ1) is 13.6. The van der Waals surface area contributed by atoms with E-state index in [4.69, 9.17) is 9.47 Å². The molecule has 1 aliphatic heterocycles. The predicted octanol–water partition coefficient (Wildman–Crippen LogP) is 6.40. The Hall–Kier alpha value is -1.07. The van der Waals surface area contributed by atoms with Crippen LogP contribution in [0.15, 0.2) is 22.7 Å². The van der Waals surface area contributed by atoms with Gasteiger partial charge in [-0.05, 0) is 55.7 Å². The van der Waals surface area contributed by atoms with Gasteiger partial charge < -0.3 is 14.6 Å². The number of hydrogen-bond acceptors (Lipinski definition) is 3. The number of rotatable bonds is 3. The summed E-state index contributed by atoms with van der Waals surface area (Å²) in [7, 11) is 0. The summed E-state index contributed by atoms with van der Waals surface area (Å²) in [4.78, 5) is 12.0. The highest BCUT2D eigenvalue weighted by Gasteiger charge is 2.54. The van der Waals surface area contributed by atoms with Crippen molar-refractivity contribution in [2.24, 2.45) is 11.8 Å². The minimum Gasteiger partial charge on any atom is -0.477 e. The van der Waals surface area contributed by atoms with Crippen LogP contribution in [0.3, 0.4) is 0 Å². The molecule has 2 saturated carbocycles. The van der Waals surface area contributed by atoms with Crippen molar-refractivity contribution in [3.05, 3.63) is 28.2 Å². The number of fused-ring (bicyclic) bond motifs is 1. The second-order valence-corrected chi connectivity index (χ2v) is 9.63. The van der Waals surface area contributed by atoms with Crippen molar-refractivity contribution in [3.63, 3.8) is 0 Å². The molecule has 1 unspecified atom stereocenters. The summed E-state index contributed by atoms with van der Waals surface area (Å²) in [6.45, 7) is 0. The van der Waals surface area contributed by atoms with Crippen molar-refractivity contribution in [1.82, 2.24) is 0 Å². The molecule has 1 atom stereocenters. The van der Waals surface area contributed by atoms with Crippen molar-refractivity contribution in [3.8, 4) is 5.75 Å². The number of carbonyl (C=O) groups is 1. The molecule has 1 N–H and O–H groups in total. The van der Waals surface area contributed by atoms with E-state index in [1.54, 1.807) is 0 Å². The lowest BCUT2D eigenvalue weighted by Gasteiger charge is -2.50. The monoisotopic (exact) mass is 450 g/mol. The Morgan fingerprint density at radius 2 is 1.46 bits per heavy atom. The van der Waals surface area contributed by atoms with Crippen LogP contribution >= 0.6 is 15.9 Å². The standard InChI is InChI=1S/C23H31BrO4/c24-18-13-14-20-19(15-18)23(28-22(27-20)21(25)26,16-9-5-1-2-6-10-16)17-11-7-3-4-8-12-17/h13-17,22H,1-12H2,(H,25,26). The highest BCUT2D eigenvalue weighted by Crippen LogP contribution is 2.55. The van der Waals surface area contributed by atoms with Gasteiger partial charge in [-0.3, -0.25) is 0 Å². The Balaban J connectivity index is 1.86. The fourth-order valence-corrected chi connectivity index (χ4v) is 6.13. The number of aliphatic carboxylic acids is 1. The maximum atomic E-state index is 12.0. The van der Waals surface area contributed by atoms with Crippen molar-refractivity contribution in [2.45, 2.75) is 88.9 Å². The van der Waals surface area contributed by atoms with Gasteiger partial charge in [-0.15, -0.1) is 0 Å². The molecular weight excluding hydrogens is 420 g/mol. The van der Waals surface area contributed by atoms with E-state index in [0.717, 1.165) is 35.7 Å². The van der Waals surface area contributed by atoms with E-state index in [0.29, 0.717) is 17.6 Å². The number of ether oxygens (including phenoxy) is 2. The molecule has 4 nitrogen and oxygen atoms in total. The molecule has 1 aromatic rings. The lowest BCUT2D eigenvalue weighted by atomic mass is 9.66. The van der Waals surface area contributed by atoms with Gasteiger partial charge >= 0.3 is 5.97 Å². The van der Waals surface area contributed by atoms with Gasteiger partial charge in [-0.2, -0.15) is 0 Å². The van der Waals surface area contributed by atoms with E-state index in [1.165, 1.54) is 51.4 Å². The van der Waals surface area contributed by atoms with E-state index in [9.17, 15) is 9.90 Å². The number of carboxylic acids is 1. The van der Waals surface area contributed by atoms with Gasteiger partial charge in [0.15, 0.2) is 0 Å². The Kier molecular flexibility index (Phi) is 6.31. The van der Waals surface area contributed by atoms with Gasteiger partial charge in [0, 0.05) is 10.0 Å². The van der Waals surface area contributed by atoms with Crippen molar-refractivity contribution >= 4 is 21.9 Å². The summed E-state index contributed by atoms with van der Waals surface area (Å²) in [5.41, 5.74) is 0.507. The highest BCUT2D eigenvalue weighted by molar-refractivity contribution is 9.10. The lowest BCUT2D eigenvalue weighted by Crippen LogP contribution is -2.53. The molecule has 5 heteroatoms. The first-order valence-corrected chi connectivity index (χ1v) is 11.8. The zero-order chi connectivity index (χ0) is 19.6. The molecule has 0 saturated heterocycles. The SMILES string of the molecule is O=C(O)C1Oc2ccc(Br)cc2C(C2CCCCCC2)(C2CCCCCC2)O1. The molecular formula is C23H31BrO4. The molecule has 4 rings (SSSR count).